The van der Waals surface area contributed by atoms with Crippen LogP contribution in [0.15, 0.2) is 34.9 Å². The molecule has 19 heavy (non-hydrogen) atoms. The van der Waals surface area contributed by atoms with Crippen LogP contribution in [0.3, 0.4) is 0 Å². The van der Waals surface area contributed by atoms with Crippen LogP contribution in [0.5, 0.6) is 0 Å². The van der Waals surface area contributed by atoms with Crippen LogP contribution in [0.2, 0.25) is 0 Å². The Morgan fingerprint density at radius 1 is 1.32 bits per heavy atom. The molecular weight excluding hydrogens is 372 g/mol. The number of halogens is 2. The molecule has 1 aromatic carbocycles. The third-order valence-electron chi connectivity index (χ3n) is 3.40. The van der Waals surface area contributed by atoms with E-state index in [1.807, 2.05) is 24.3 Å². The number of anilines is 1. The van der Waals surface area contributed by atoms with Crippen molar-refractivity contribution in [2.24, 2.45) is 5.92 Å². The maximum atomic E-state index is 12.1. The smallest absolute Gasteiger partial charge is 0.228 e. The molecule has 98 valence electrons. The van der Waals surface area contributed by atoms with Crippen molar-refractivity contribution >= 4 is 54.4 Å². The van der Waals surface area contributed by atoms with Gasteiger partial charge in [0.05, 0.1) is 0 Å². The van der Waals surface area contributed by atoms with E-state index in [9.17, 15) is 4.79 Å². The van der Waals surface area contributed by atoms with Crippen molar-refractivity contribution < 1.29 is 4.79 Å². The largest absolute Gasteiger partial charge is 0.296 e. The van der Waals surface area contributed by atoms with E-state index < -0.39 is 0 Å². The van der Waals surface area contributed by atoms with E-state index in [0.29, 0.717) is 12.3 Å². The van der Waals surface area contributed by atoms with Gasteiger partial charge in [0.1, 0.15) is 5.82 Å². The molecule has 1 aliphatic rings. The third kappa shape index (κ3) is 2.30. The van der Waals surface area contributed by atoms with Crippen molar-refractivity contribution in [3.8, 4) is 0 Å². The molecule has 0 bridgehead atoms. The maximum Gasteiger partial charge on any atom is 0.228 e. The van der Waals surface area contributed by atoms with Gasteiger partial charge in [-0.3, -0.25) is 9.69 Å². The maximum absolute atomic E-state index is 12.1. The van der Waals surface area contributed by atoms with E-state index in [0.717, 1.165) is 32.9 Å². The van der Waals surface area contributed by atoms with E-state index in [1.54, 1.807) is 11.1 Å². The molecule has 1 unspecified atom stereocenters. The van der Waals surface area contributed by atoms with E-state index >= 15 is 0 Å². The molecule has 1 saturated heterocycles. The molecule has 2 heterocycles. The van der Waals surface area contributed by atoms with Crippen molar-refractivity contribution in [3.63, 3.8) is 0 Å². The summed E-state index contributed by atoms with van der Waals surface area (Å²) in [5.41, 5.74) is 0. The number of fused-ring (bicyclic) bond motifs is 1. The number of aromatic nitrogens is 1. The Morgan fingerprint density at radius 3 is 2.74 bits per heavy atom. The van der Waals surface area contributed by atoms with Gasteiger partial charge >= 0.3 is 0 Å². The minimum atomic E-state index is 0.157. The number of carbonyl (C=O) groups excluding carboxylic acids is 1. The Labute approximate surface area is 128 Å². The molecule has 0 aliphatic carbocycles. The first-order chi connectivity index (χ1) is 9.20. The molecule has 3 nitrogen and oxygen atoms in total. The average Bonchev–Trinajstić information content (AvgIpc) is 2.81. The fourth-order valence-corrected chi connectivity index (χ4v) is 3.33. The molecule has 0 saturated carbocycles. The molecule has 3 rings (SSSR count). The minimum Gasteiger partial charge on any atom is -0.296 e. The summed E-state index contributed by atoms with van der Waals surface area (Å²) in [6.07, 6.45) is 2.36. The normalized spacial score (nSPS) is 19.4. The molecular formula is C14H12Br2N2O. The first-order valence-corrected chi connectivity index (χ1v) is 8.01. The van der Waals surface area contributed by atoms with Gasteiger partial charge in [0.15, 0.2) is 0 Å². The van der Waals surface area contributed by atoms with Crippen LogP contribution in [0.25, 0.3) is 10.8 Å². The van der Waals surface area contributed by atoms with Crippen LogP contribution >= 0.6 is 31.9 Å². The highest BCUT2D eigenvalue weighted by atomic mass is 79.9. The molecule has 1 amide bonds. The highest BCUT2D eigenvalue weighted by Gasteiger charge is 2.31. The van der Waals surface area contributed by atoms with E-state index in [-0.39, 0.29) is 5.91 Å². The fourth-order valence-electron chi connectivity index (χ4n) is 2.45. The molecule has 1 atom stereocenters. The minimum absolute atomic E-state index is 0.157. The van der Waals surface area contributed by atoms with E-state index in [2.05, 4.69) is 36.8 Å². The summed E-state index contributed by atoms with van der Waals surface area (Å²) >= 11 is 6.97. The Morgan fingerprint density at radius 2 is 2.05 bits per heavy atom. The zero-order chi connectivity index (χ0) is 13.4. The summed E-state index contributed by atoms with van der Waals surface area (Å²) in [4.78, 5) is 18.4. The molecule has 0 spiro atoms. The first kappa shape index (κ1) is 13.1. The van der Waals surface area contributed by atoms with Gasteiger partial charge in [0, 0.05) is 39.7 Å². The number of hydrogen-bond donors (Lipinski definition) is 0. The van der Waals surface area contributed by atoms with Gasteiger partial charge in [0.25, 0.3) is 0 Å². The summed E-state index contributed by atoms with van der Waals surface area (Å²) in [5.74, 6) is 1.30. The predicted molar refractivity (Wildman–Crippen MR) is 83.7 cm³/mol. The van der Waals surface area contributed by atoms with Gasteiger partial charge in [0.2, 0.25) is 5.91 Å². The number of alkyl halides is 1. The lowest BCUT2D eigenvalue weighted by atomic mass is 10.1. The topological polar surface area (TPSA) is 33.2 Å². The highest BCUT2D eigenvalue weighted by Crippen LogP contribution is 2.33. The number of amides is 1. The monoisotopic (exact) mass is 382 g/mol. The number of hydrogen-bond acceptors (Lipinski definition) is 2. The molecule has 1 aromatic heterocycles. The van der Waals surface area contributed by atoms with Crippen molar-refractivity contribution in [1.29, 1.82) is 0 Å². The van der Waals surface area contributed by atoms with E-state index in [4.69, 9.17) is 0 Å². The van der Waals surface area contributed by atoms with Crippen LogP contribution in [0.4, 0.5) is 5.82 Å². The van der Waals surface area contributed by atoms with Crippen LogP contribution in [-0.4, -0.2) is 22.8 Å². The van der Waals surface area contributed by atoms with Crippen molar-refractivity contribution in [2.45, 2.75) is 6.42 Å². The lowest BCUT2D eigenvalue weighted by Crippen LogP contribution is -2.25. The van der Waals surface area contributed by atoms with Crippen LogP contribution in [0, 0.1) is 5.92 Å². The van der Waals surface area contributed by atoms with Crippen LogP contribution in [-0.2, 0) is 4.79 Å². The van der Waals surface area contributed by atoms with Crippen molar-refractivity contribution in [1.82, 2.24) is 4.98 Å². The molecule has 0 radical (unpaired) electrons. The quantitative estimate of drug-likeness (QED) is 0.740. The molecule has 2 aromatic rings. The second-order valence-electron chi connectivity index (χ2n) is 4.70. The highest BCUT2D eigenvalue weighted by molar-refractivity contribution is 9.10. The van der Waals surface area contributed by atoms with Gasteiger partial charge < -0.3 is 0 Å². The summed E-state index contributed by atoms with van der Waals surface area (Å²) in [7, 11) is 0. The van der Waals surface area contributed by atoms with Gasteiger partial charge in [-0.15, -0.1) is 0 Å². The Hall–Kier alpha value is -0.940. The van der Waals surface area contributed by atoms with E-state index in [1.165, 1.54) is 0 Å². The number of pyridine rings is 1. The lowest BCUT2D eigenvalue weighted by molar-refractivity contribution is -0.117. The summed E-state index contributed by atoms with van der Waals surface area (Å²) in [6.45, 7) is 0.739. The number of benzene rings is 1. The molecule has 5 heteroatoms. The fraction of sp³-hybridized carbons (Fsp3) is 0.286. The number of nitrogens with zero attached hydrogens (tertiary/aromatic N) is 2. The Balaban J connectivity index is 2.11. The van der Waals surface area contributed by atoms with Gasteiger partial charge in [-0.05, 0) is 21.8 Å². The summed E-state index contributed by atoms with van der Waals surface area (Å²) in [6, 6.07) is 8.01. The average molecular weight is 384 g/mol. The Kier molecular flexibility index (Phi) is 3.58. The van der Waals surface area contributed by atoms with Crippen molar-refractivity contribution in [3.05, 3.63) is 34.9 Å². The van der Waals surface area contributed by atoms with Gasteiger partial charge in [-0.25, -0.2) is 4.98 Å². The SMILES string of the molecule is O=C1CC(CBr)CN1c1ncc(Br)c2ccccc12. The molecule has 1 fully saturated rings. The number of carbonyl (C=O) groups is 1. The predicted octanol–water partition coefficient (Wildman–Crippen LogP) is 3.75. The first-order valence-electron chi connectivity index (χ1n) is 6.10. The second-order valence-corrected chi connectivity index (χ2v) is 6.21. The zero-order valence-corrected chi connectivity index (χ0v) is 13.3. The summed E-state index contributed by atoms with van der Waals surface area (Å²) < 4.78 is 0.954. The Bertz CT molecular complexity index is 644. The van der Waals surface area contributed by atoms with Gasteiger partial charge in [-0.2, -0.15) is 0 Å². The summed E-state index contributed by atoms with van der Waals surface area (Å²) in [5, 5.41) is 2.95. The standard InChI is InChI=1S/C14H12Br2N2O/c15-6-9-5-13(19)18(8-9)14-11-4-2-1-3-10(11)12(16)7-17-14/h1-4,7,9H,5-6,8H2. The van der Waals surface area contributed by atoms with Crippen molar-refractivity contribution in [2.75, 3.05) is 16.8 Å². The zero-order valence-electron chi connectivity index (χ0n) is 10.1. The lowest BCUT2D eigenvalue weighted by Gasteiger charge is -2.17. The van der Waals surface area contributed by atoms with Crippen LogP contribution in [0.1, 0.15) is 6.42 Å². The second kappa shape index (κ2) is 5.21. The number of rotatable bonds is 2. The van der Waals surface area contributed by atoms with Crippen LogP contribution < -0.4 is 4.90 Å². The molecule has 0 N–H and O–H groups in total. The third-order valence-corrected chi connectivity index (χ3v) is 4.95. The molecule has 1 aliphatic heterocycles. The van der Waals surface area contributed by atoms with Gasteiger partial charge in [-0.1, -0.05) is 40.2 Å².